The summed E-state index contributed by atoms with van der Waals surface area (Å²) in [5, 5.41) is 2.36. The summed E-state index contributed by atoms with van der Waals surface area (Å²) in [7, 11) is -4.23. The fourth-order valence-corrected chi connectivity index (χ4v) is 4.58. The molecule has 3 aromatic carbocycles. The average Bonchev–Trinajstić information content (AvgIpc) is 2.69. The van der Waals surface area contributed by atoms with Gasteiger partial charge in [-0.3, -0.25) is 9.10 Å². The van der Waals surface area contributed by atoms with Crippen LogP contribution in [0.3, 0.4) is 0 Å². The minimum absolute atomic E-state index is 0.0144. The Bertz CT molecular complexity index is 1150. The molecule has 1 amide bonds. The highest BCUT2D eigenvalue weighted by Crippen LogP contribution is 2.30. The van der Waals surface area contributed by atoms with E-state index in [-0.39, 0.29) is 20.6 Å². The summed E-state index contributed by atoms with van der Waals surface area (Å²) >= 11 is 12.0. The van der Waals surface area contributed by atoms with Gasteiger partial charge < -0.3 is 5.32 Å². The number of halogens is 4. The van der Waals surface area contributed by atoms with Crippen LogP contribution in [0.2, 0.25) is 10.0 Å². The number of amides is 1. The average molecular weight is 471 g/mol. The van der Waals surface area contributed by atoms with Crippen LogP contribution in [0.5, 0.6) is 0 Å². The number of nitrogens with one attached hydrogen (secondary N) is 1. The minimum atomic E-state index is -4.23. The Morgan fingerprint density at radius 2 is 1.47 bits per heavy atom. The van der Waals surface area contributed by atoms with Crippen LogP contribution < -0.4 is 9.62 Å². The molecule has 0 saturated carbocycles. The van der Waals surface area contributed by atoms with E-state index < -0.39 is 39.8 Å². The molecule has 0 aliphatic heterocycles. The summed E-state index contributed by atoms with van der Waals surface area (Å²) in [6, 6.07) is 14.5. The van der Waals surface area contributed by atoms with Crippen LogP contribution >= 0.6 is 23.2 Å². The summed E-state index contributed by atoms with van der Waals surface area (Å²) in [6.07, 6.45) is 0. The maximum atomic E-state index is 13.9. The van der Waals surface area contributed by atoms with E-state index in [1.165, 1.54) is 42.5 Å². The molecule has 0 bridgehead atoms. The van der Waals surface area contributed by atoms with E-state index in [0.717, 1.165) is 22.5 Å². The SMILES string of the molecule is O=C(CN(c1cc(Cl)cc(Cl)c1)S(=O)(=O)c1ccccc1)Nc1c(F)cccc1F. The third-order valence-electron chi connectivity index (χ3n) is 3.98. The third kappa shape index (κ3) is 4.89. The lowest BCUT2D eigenvalue weighted by atomic mass is 10.3. The quantitative estimate of drug-likeness (QED) is 0.544. The van der Waals surface area contributed by atoms with Crippen molar-refractivity contribution in [2.75, 3.05) is 16.2 Å². The molecule has 0 fully saturated rings. The zero-order valence-corrected chi connectivity index (χ0v) is 17.5. The normalized spacial score (nSPS) is 11.2. The molecule has 5 nitrogen and oxygen atoms in total. The van der Waals surface area contributed by atoms with Crippen molar-refractivity contribution in [1.82, 2.24) is 0 Å². The molecule has 0 atom stereocenters. The van der Waals surface area contributed by atoms with Crippen molar-refractivity contribution in [3.05, 3.63) is 88.4 Å². The van der Waals surface area contributed by atoms with Gasteiger partial charge in [-0.05, 0) is 42.5 Å². The Hall–Kier alpha value is -2.68. The first kappa shape index (κ1) is 22.0. The van der Waals surface area contributed by atoms with Crippen molar-refractivity contribution in [3.63, 3.8) is 0 Å². The van der Waals surface area contributed by atoms with Gasteiger partial charge in [0.15, 0.2) is 0 Å². The highest BCUT2D eigenvalue weighted by Gasteiger charge is 2.28. The minimum Gasteiger partial charge on any atom is -0.320 e. The Morgan fingerprint density at radius 1 is 0.900 bits per heavy atom. The maximum Gasteiger partial charge on any atom is 0.264 e. The molecule has 1 N–H and O–H groups in total. The summed E-state index contributed by atoms with van der Waals surface area (Å²) in [4.78, 5) is 12.4. The van der Waals surface area contributed by atoms with Gasteiger partial charge in [0.25, 0.3) is 10.0 Å². The molecule has 0 spiro atoms. The highest BCUT2D eigenvalue weighted by molar-refractivity contribution is 7.92. The lowest BCUT2D eigenvalue weighted by Gasteiger charge is -2.24. The molecule has 0 radical (unpaired) electrons. The molecule has 0 aromatic heterocycles. The largest absolute Gasteiger partial charge is 0.320 e. The van der Waals surface area contributed by atoms with E-state index in [0.29, 0.717) is 0 Å². The van der Waals surface area contributed by atoms with Gasteiger partial charge in [0.2, 0.25) is 5.91 Å². The zero-order chi connectivity index (χ0) is 21.9. The lowest BCUT2D eigenvalue weighted by molar-refractivity contribution is -0.114. The van der Waals surface area contributed by atoms with E-state index in [9.17, 15) is 22.0 Å². The Labute approximate surface area is 181 Å². The topological polar surface area (TPSA) is 66.5 Å². The molecule has 3 aromatic rings. The van der Waals surface area contributed by atoms with Gasteiger partial charge in [-0.15, -0.1) is 0 Å². The van der Waals surface area contributed by atoms with Crippen molar-refractivity contribution in [2.24, 2.45) is 0 Å². The van der Waals surface area contributed by atoms with Crippen molar-refractivity contribution < 1.29 is 22.0 Å². The molecule has 30 heavy (non-hydrogen) atoms. The molecule has 0 aliphatic rings. The summed E-state index contributed by atoms with van der Waals surface area (Å²) in [5.74, 6) is -2.95. The number of carbonyl (C=O) groups excluding carboxylic acids is 1. The number of benzene rings is 3. The molecule has 156 valence electrons. The van der Waals surface area contributed by atoms with Gasteiger partial charge in [-0.25, -0.2) is 17.2 Å². The second-order valence-electron chi connectivity index (χ2n) is 6.10. The van der Waals surface area contributed by atoms with Gasteiger partial charge in [0.1, 0.15) is 23.9 Å². The van der Waals surface area contributed by atoms with Gasteiger partial charge >= 0.3 is 0 Å². The second-order valence-corrected chi connectivity index (χ2v) is 8.83. The van der Waals surface area contributed by atoms with Crippen molar-refractivity contribution >= 4 is 50.5 Å². The van der Waals surface area contributed by atoms with Gasteiger partial charge in [0, 0.05) is 10.0 Å². The van der Waals surface area contributed by atoms with Crippen LogP contribution in [0, 0.1) is 11.6 Å². The predicted molar refractivity (Wildman–Crippen MR) is 112 cm³/mol. The van der Waals surface area contributed by atoms with Crippen molar-refractivity contribution in [2.45, 2.75) is 4.90 Å². The zero-order valence-electron chi connectivity index (χ0n) is 15.2. The first-order valence-corrected chi connectivity index (χ1v) is 10.7. The fourth-order valence-electron chi connectivity index (χ4n) is 2.64. The standard InChI is InChI=1S/C20H14Cl2F2N2O3S/c21-13-9-14(22)11-15(10-13)26(30(28,29)16-5-2-1-3-6-16)12-19(27)25-20-17(23)7-4-8-18(20)24/h1-11H,12H2,(H,25,27). The van der Waals surface area contributed by atoms with Crippen LogP contribution in [0.15, 0.2) is 71.6 Å². The molecule has 0 heterocycles. The Balaban J connectivity index is 2.01. The first-order valence-electron chi connectivity index (χ1n) is 8.46. The smallest absolute Gasteiger partial charge is 0.264 e. The van der Waals surface area contributed by atoms with Crippen LogP contribution in [-0.2, 0) is 14.8 Å². The summed E-state index contributed by atoms with van der Waals surface area (Å²) in [6.45, 7) is -0.776. The predicted octanol–water partition coefficient (Wildman–Crippen LogP) is 5.11. The first-order chi connectivity index (χ1) is 14.2. The molecular formula is C20H14Cl2F2N2O3S. The Morgan fingerprint density at radius 3 is 2.03 bits per heavy atom. The number of anilines is 2. The third-order valence-corrected chi connectivity index (χ3v) is 6.21. The molecule has 0 saturated heterocycles. The van der Waals surface area contributed by atoms with E-state index in [1.54, 1.807) is 6.07 Å². The highest BCUT2D eigenvalue weighted by atomic mass is 35.5. The molecule has 3 rings (SSSR count). The molecule has 0 aliphatic carbocycles. The van der Waals surface area contributed by atoms with Crippen LogP contribution in [0.25, 0.3) is 0 Å². The molecule has 0 unspecified atom stereocenters. The van der Waals surface area contributed by atoms with E-state index in [2.05, 4.69) is 5.32 Å². The summed E-state index contributed by atoms with van der Waals surface area (Å²) in [5.41, 5.74) is -0.663. The van der Waals surface area contributed by atoms with Gasteiger partial charge in [-0.2, -0.15) is 0 Å². The van der Waals surface area contributed by atoms with E-state index in [1.807, 2.05) is 0 Å². The fraction of sp³-hybridized carbons (Fsp3) is 0.0500. The molecular weight excluding hydrogens is 457 g/mol. The number of carbonyl (C=O) groups is 1. The maximum absolute atomic E-state index is 13.9. The number of nitrogens with zero attached hydrogens (tertiary/aromatic N) is 1. The number of rotatable bonds is 6. The van der Waals surface area contributed by atoms with Crippen molar-refractivity contribution in [3.8, 4) is 0 Å². The molecule has 10 heteroatoms. The lowest BCUT2D eigenvalue weighted by Crippen LogP contribution is -2.38. The monoisotopic (exact) mass is 470 g/mol. The van der Waals surface area contributed by atoms with Crippen LogP contribution in [0.4, 0.5) is 20.2 Å². The number of hydrogen-bond acceptors (Lipinski definition) is 3. The van der Waals surface area contributed by atoms with Crippen LogP contribution in [0.1, 0.15) is 0 Å². The number of sulfonamides is 1. The van der Waals surface area contributed by atoms with E-state index in [4.69, 9.17) is 23.2 Å². The number of para-hydroxylation sites is 1. The Kier molecular flexibility index (Phi) is 6.60. The van der Waals surface area contributed by atoms with Crippen LogP contribution in [-0.4, -0.2) is 20.9 Å². The summed E-state index contributed by atoms with van der Waals surface area (Å²) < 4.78 is 54.8. The van der Waals surface area contributed by atoms with Gasteiger partial charge in [-0.1, -0.05) is 47.5 Å². The van der Waals surface area contributed by atoms with Crippen molar-refractivity contribution in [1.29, 1.82) is 0 Å². The van der Waals surface area contributed by atoms with Gasteiger partial charge in [0.05, 0.1) is 10.6 Å². The number of hydrogen-bond donors (Lipinski definition) is 1. The second kappa shape index (κ2) is 8.99. The van der Waals surface area contributed by atoms with E-state index >= 15 is 0 Å².